The Morgan fingerprint density at radius 2 is 1.62 bits per heavy atom. The molecule has 0 saturated carbocycles. The first kappa shape index (κ1) is 21.3. The molecule has 0 radical (unpaired) electrons. The first-order valence-corrected chi connectivity index (χ1v) is 10.4. The largest absolute Gasteiger partial charge is 0.339 e. The van der Waals surface area contributed by atoms with Crippen LogP contribution in [0.5, 0.6) is 0 Å². The van der Waals surface area contributed by atoms with Crippen LogP contribution >= 0.6 is 0 Å². The second kappa shape index (κ2) is 9.47. The first-order valence-electron chi connectivity index (χ1n) is 10.4. The van der Waals surface area contributed by atoms with E-state index in [1.54, 1.807) is 40.3 Å². The van der Waals surface area contributed by atoms with Crippen molar-refractivity contribution in [1.82, 2.24) is 14.8 Å². The predicted molar refractivity (Wildman–Crippen MR) is 122 cm³/mol. The standard InChI is InChI=1S/C24H24FN5O2/c1-17-5-2-7-19(15-17)28-24(32)30-13-11-29(12-14-30)23(31)21-9-4-10-26-22(21)27-20-8-3-6-18(25)16-20/h2-10,15-16H,11-14H2,1H3,(H,26,27)(H,28,32). The van der Waals surface area contributed by atoms with E-state index in [9.17, 15) is 14.0 Å². The van der Waals surface area contributed by atoms with Crippen LogP contribution in [-0.4, -0.2) is 52.9 Å². The molecular weight excluding hydrogens is 409 g/mol. The van der Waals surface area contributed by atoms with Crippen molar-refractivity contribution < 1.29 is 14.0 Å². The van der Waals surface area contributed by atoms with E-state index >= 15 is 0 Å². The zero-order chi connectivity index (χ0) is 22.5. The second-order valence-corrected chi connectivity index (χ2v) is 7.61. The number of hydrogen-bond donors (Lipinski definition) is 2. The lowest BCUT2D eigenvalue weighted by molar-refractivity contribution is 0.0672. The molecule has 3 amide bonds. The van der Waals surface area contributed by atoms with Crippen molar-refractivity contribution in [3.63, 3.8) is 0 Å². The van der Waals surface area contributed by atoms with Crippen molar-refractivity contribution in [3.8, 4) is 0 Å². The van der Waals surface area contributed by atoms with Crippen LogP contribution in [0, 0.1) is 12.7 Å². The van der Waals surface area contributed by atoms with E-state index in [2.05, 4.69) is 15.6 Å². The highest BCUT2D eigenvalue weighted by molar-refractivity contribution is 5.99. The molecule has 8 heteroatoms. The van der Waals surface area contributed by atoms with Gasteiger partial charge in [0.2, 0.25) is 0 Å². The molecule has 3 aromatic rings. The van der Waals surface area contributed by atoms with Gasteiger partial charge in [-0.05, 0) is 55.0 Å². The molecule has 164 valence electrons. The van der Waals surface area contributed by atoms with Crippen molar-refractivity contribution >= 4 is 29.1 Å². The maximum absolute atomic E-state index is 13.5. The van der Waals surface area contributed by atoms with Crippen molar-refractivity contribution in [2.24, 2.45) is 0 Å². The number of piperazine rings is 1. The zero-order valence-electron chi connectivity index (χ0n) is 17.7. The Balaban J connectivity index is 1.39. The molecule has 4 rings (SSSR count). The Kier molecular flexibility index (Phi) is 6.30. The summed E-state index contributed by atoms with van der Waals surface area (Å²) in [5, 5.41) is 5.92. The minimum atomic E-state index is -0.376. The summed E-state index contributed by atoms with van der Waals surface area (Å²) >= 11 is 0. The lowest BCUT2D eigenvalue weighted by Crippen LogP contribution is -2.51. The number of anilines is 3. The number of carbonyl (C=O) groups is 2. The third kappa shape index (κ3) is 5.03. The molecule has 1 saturated heterocycles. The molecule has 0 spiro atoms. The van der Waals surface area contributed by atoms with E-state index in [1.165, 1.54) is 12.1 Å². The van der Waals surface area contributed by atoms with Gasteiger partial charge in [-0.3, -0.25) is 4.79 Å². The molecule has 2 N–H and O–H groups in total. The number of carbonyl (C=O) groups excluding carboxylic acids is 2. The smallest absolute Gasteiger partial charge is 0.321 e. The second-order valence-electron chi connectivity index (χ2n) is 7.61. The number of rotatable bonds is 4. The number of pyridine rings is 1. The molecule has 32 heavy (non-hydrogen) atoms. The number of aromatic nitrogens is 1. The lowest BCUT2D eigenvalue weighted by Gasteiger charge is -2.35. The summed E-state index contributed by atoms with van der Waals surface area (Å²) in [5.41, 5.74) is 2.72. The summed E-state index contributed by atoms with van der Waals surface area (Å²) in [5.74, 6) is -0.197. The van der Waals surface area contributed by atoms with Gasteiger partial charge in [-0.15, -0.1) is 0 Å². The minimum Gasteiger partial charge on any atom is -0.339 e. The molecule has 1 aliphatic heterocycles. The number of hydrogen-bond acceptors (Lipinski definition) is 4. The third-order valence-electron chi connectivity index (χ3n) is 5.25. The number of aryl methyl sites for hydroxylation is 1. The van der Waals surface area contributed by atoms with Gasteiger partial charge < -0.3 is 20.4 Å². The fraction of sp³-hybridized carbons (Fsp3) is 0.208. The average Bonchev–Trinajstić information content (AvgIpc) is 2.79. The van der Waals surface area contributed by atoms with Crippen LogP contribution in [0.25, 0.3) is 0 Å². The van der Waals surface area contributed by atoms with Crippen LogP contribution < -0.4 is 10.6 Å². The monoisotopic (exact) mass is 433 g/mol. The van der Waals surface area contributed by atoms with Crippen LogP contribution in [-0.2, 0) is 0 Å². The molecule has 1 aliphatic rings. The van der Waals surface area contributed by atoms with Crippen LogP contribution in [0.2, 0.25) is 0 Å². The molecule has 0 aliphatic carbocycles. The number of benzene rings is 2. The molecular formula is C24H24FN5O2. The van der Waals surface area contributed by atoms with E-state index in [4.69, 9.17) is 0 Å². The quantitative estimate of drug-likeness (QED) is 0.645. The fourth-order valence-corrected chi connectivity index (χ4v) is 3.59. The Hall–Kier alpha value is -3.94. The molecule has 2 aromatic carbocycles. The molecule has 1 fully saturated rings. The number of urea groups is 1. The normalized spacial score (nSPS) is 13.6. The highest BCUT2D eigenvalue weighted by Crippen LogP contribution is 2.21. The van der Waals surface area contributed by atoms with Crippen molar-refractivity contribution in [2.45, 2.75) is 6.92 Å². The van der Waals surface area contributed by atoms with Gasteiger partial charge in [-0.2, -0.15) is 0 Å². The molecule has 0 atom stereocenters. The molecule has 0 unspecified atom stereocenters. The molecule has 1 aromatic heterocycles. The van der Waals surface area contributed by atoms with Gasteiger partial charge in [0.1, 0.15) is 11.6 Å². The van der Waals surface area contributed by atoms with Gasteiger partial charge in [-0.1, -0.05) is 18.2 Å². The predicted octanol–water partition coefficient (Wildman–Crippen LogP) is 4.26. The van der Waals surface area contributed by atoms with Crippen molar-refractivity contribution in [2.75, 3.05) is 36.8 Å². The third-order valence-corrected chi connectivity index (χ3v) is 5.25. The van der Waals surface area contributed by atoms with Gasteiger partial charge in [0, 0.05) is 43.8 Å². The summed E-state index contributed by atoms with van der Waals surface area (Å²) in [6, 6.07) is 16.8. The van der Waals surface area contributed by atoms with Crippen LogP contribution in [0.3, 0.4) is 0 Å². The van der Waals surface area contributed by atoms with Crippen LogP contribution in [0.1, 0.15) is 15.9 Å². The number of halogens is 1. The minimum absolute atomic E-state index is 0.183. The summed E-state index contributed by atoms with van der Waals surface area (Å²) in [4.78, 5) is 33.4. The van der Waals surface area contributed by atoms with Gasteiger partial charge in [-0.25, -0.2) is 14.2 Å². The Morgan fingerprint density at radius 1 is 0.906 bits per heavy atom. The van der Waals surface area contributed by atoms with E-state index in [0.717, 1.165) is 11.3 Å². The van der Waals surface area contributed by atoms with Crippen LogP contribution in [0.4, 0.5) is 26.4 Å². The molecule has 0 bridgehead atoms. The summed E-state index contributed by atoms with van der Waals surface area (Å²) in [7, 11) is 0. The maximum atomic E-state index is 13.5. The van der Waals surface area contributed by atoms with Crippen molar-refractivity contribution in [1.29, 1.82) is 0 Å². The fourth-order valence-electron chi connectivity index (χ4n) is 3.59. The highest BCUT2D eigenvalue weighted by Gasteiger charge is 2.26. The summed E-state index contributed by atoms with van der Waals surface area (Å²) < 4.78 is 13.5. The first-order chi connectivity index (χ1) is 15.5. The van der Waals surface area contributed by atoms with Gasteiger partial charge in [0.15, 0.2) is 0 Å². The summed E-state index contributed by atoms with van der Waals surface area (Å²) in [6.45, 7) is 3.64. The Bertz CT molecular complexity index is 1130. The topological polar surface area (TPSA) is 77.6 Å². The highest BCUT2D eigenvalue weighted by atomic mass is 19.1. The average molecular weight is 433 g/mol. The molecule has 7 nitrogen and oxygen atoms in total. The van der Waals surface area contributed by atoms with E-state index in [-0.39, 0.29) is 17.8 Å². The van der Waals surface area contributed by atoms with E-state index in [1.807, 2.05) is 31.2 Å². The van der Waals surface area contributed by atoms with Gasteiger partial charge in [0.25, 0.3) is 5.91 Å². The molecule has 2 heterocycles. The summed E-state index contributed by atoms with van der Waals surface area (Å²) in [6.07, 6.45) is 1.58. The van der Waals surface area contributed by atoms with Crippen LogP contribution in [0.15, 0.2) is 66.9 Å². The van der Waals surface area contributed by atoms with Gasteiger partial charge >= 0.3 is 6.03 Å². The SMILES string of the molecule is Cc1cccc(NC(=O)N2CCN(C(=O)c3cccnc3Nc3cccc(F)c3)CC2)c1. The number of amides is 3. The Morgan fingerprint density at radius 3 is 2.38 bits per heavy atom. The van der Waals surface area contributed by atoms with E-state index < -0.39 is 0 Å². The van der Waals surface area contributed by atoms with E-state index in [0.29, 0.717) is 43.2 Å². The Labute approximate surface area is 185 Å². The zero-order valence-corrected chi connectivity index (χ0v) is 17.7. The number of nitrogens with one attached hydrogen (secondary N) is 2. The maximum Gasteiger partial charge on any atom is 0.321 e. The van der Waals surface area contributed by atoms with Crippen molar-refractivity contribution in [3.05, 3.63) is 83.8 Å². The van der Waals surface area contributed by atoms with Gasteiger partial charge in [0.05, 0.1) is 5.56 Å². The number of nitrogens with zero attached hydrogens (tertiary/aromatic N) is 3. The lowest BCUT2D eigenvalue weighted by atomic mass is 10.2.